The number of sulfonamides is 1. The second-order valence-electron chi connectivity index (χ2n) is 9.72. The highest BCUT2D eigenvalue weighted by atomic mass is 32.2. The second kappa shape index (κ2) is 10.4. The molecule has 5 heterocycles. The first-order chi connectivity index (χ1) is 18.8. The highest BCUT2D eigenvalue weighted by Crippen LogP contribution is 2.31. The smallest absolute Gasteiger partial charge is 0.295 e. The van der Waals surface area contributed by atoms with Crippen molar-refractivity contribution < 1.29 is 21.9 Å². The lowest BCUT2D eigenvalue weighted by atomic mass is 10.3. The lowest BCUT2D eigenvalue weighted by molar-refractivity contribution is -0.0141. The molecule has 39 heavy (non-hydrogen) atoms. The Labute approximate surface area is 223 Å². The van der Waals surface area contributed by atoms with E-state index in [0.717, 1.165) is 6.54 Å². The van der Waals surface area contributed by atoms with E-state index in [1.165, 1.54) is 15.1 Å². The van der Waals surface area contributed by atoms with Crippen molar-refractivity contribution in [2.24, 2.45) is 0 Å². The van der Waals surface area contributed by atoms with Gasteiger partial charge in [-0.3, -0.25) is 9.47 Å². The molecule has 0 N–H and O–H groups in total. The fourth-order valence-corrected chi connectivity index (χ4v) is 6.01. The van der Waals surface area contributed by atoms with E-state index in [0.29, 0.717) is 74.0 Å². The van der Waals surface area contributed by atoms with Gasteiger partial charge < -0.3 is 14.2 Å². The monoisotopic (exact) mass is 561 g/mol. The lowest BCUT2D eigenvalue weighted by Gasteiger charge is -2.34. The number of piperazine rings is 1. The largest absolute Gasteiger partial charge is 0.354 e. The van der Waals surface area contributed by atoms with E-state index in [2.05, 4.69) is 19.9 Å². The minimum atomic E-state index is -3.17. The molecule has 0 radical (unpaired) electrons. The number of ether oxygens (including phenoxy) is 1. The molecule has 2 fully saturated rings. The quantitative estimate of drug-likeness (QED) is 0.333. The Hall–Kier alpha value is -3.27. The van der Waals surface area contributed by atoms with Gasteiger partial charge >= 0.3 is 0 Å². The number of imidazole rings is 2. The van der Waals surface area contributed by atoms with Crippen LogP contribution in [-0.4, -0.2) is 105 Å². The molecule has 6 rings (SSSR count). The molecule has 0 bridgehead atoms. The molecule has 4 aromatic rings. The summed E-state index contributed by atoms with van der Waals surface area (Å²) in [7, 11) is -3.17. The average molecular weight is 562 g/mol. The van der Waals surface area contributed by atoms with E-state index in [9.17, 15) is 17.2 Å². The van der Waals surface area contributed by atoms with Gasteiger partial charge in [-0.05, 0) is 12.1 Å². The molecular weight excluding hydrogens is 532 g/mol. The van der Waals surface area contributed by atoms with Crippen LogP contribution in [0.5, 0.6) is 0 Å². The zero-order chi connectivity index (χ0) is 27.1. The maximum Gasteiger partial charge on any atom is 0.295 e. The molecular formula is C24H29F2N9O3S. The third-order valence-corrected chi connectivity index (χ3v) is 8.54. The Morgan fingerprint density at radius 2 is 1.82 bits per heavy atom. The first-order valence-electron chi connectivity index (χ1n) is 12.7. The Kier molecular flexibility index (Phi) is 6.91. The number of para-hydroxylation sites is 2. The van der Waals surface area contributed by atoms with Gasteiger partial charge in [-0.2, -0.15) is 9.29 Å². The van der Waals surface area contributed by atoms with Gasteiger partial charge in [-0.15, -0.1) is 0 Å². The summed E-state index contributed by atoms with van der Waals surface area (Å²) >= 11 is 0. The number of halogens is 2. The third kappa shape index (κ3) is 5.18. The summed E-state index contributed by atoms with van der Waals surface area (Å²) in [6.07, 6.45) is 1.21. The molecule has 12 nitrogen and oxygen atoms in total. The zero-order valence-electron chi connectivity index (χ0n) is 21.4. The molecule has 1 aromatic carbocycles. The minimum Gasteiger partial charge on any atom is -0.354 e. The lowest BCUT2D eigenvalue weighted by Crippen LogP contribution is -2.48. The topological polar surface area (TPSA) is 115 Å². The van der Waals surface area contributed by atoms with Crippen molar-refractivity contribution in [1.29, 1.82) is 0 Å². The van der Waals surface area contributed by atoms with Crippen LogP contribution in [0, 0.1) is 0 Å². The molecule has 2 aliphatic heterocycles. The predicted molar refractivity (Wildman–Crippen MR) is 140 cm³/mol. The van der Waals surface area contributed by atoms with Crippen molar-refractivity contribution in [3.05, 3.63) is 42.6 Å². The van der Waals surface area contributed by atoms with E-state index in [1.807, 2.05) is 9.47 Å². The molecule has 15 heteroatoms. The van der Waals surface area contributed by atoms with Crippen LogP contribution < -0.4 is 4.90 Å². The number of benzene rings is 1. The maximum absolute atomic E-state index is 13.9. The summed E-state index contributed by atoms with van der Waals surface area (Å²) in [5.41, 5.74) is 2.42. The van der Waals surface area contributed by atoms with E-state index < -0.39 is 22.7 Å². The van der Waals surface area contributed by atoms with Crippen molar-refractivity contribution in [3.8, 4) is 0 Å². The number of aromatic nitrogens is 6. The van der Waals surface area contributed by atoms with Crippen molar-refractivity contribution in [1.82, 2.24) is 38.3 Å². The molecule has 1 unspecified atom stereocenters. The first-order valence-corrected chi connectivity index (χ1v) is 14.6. The van der Waals surface area contributed by atoms with Crippen molar-refractivity contribution >= 4 is 38.2 Å². The number of nitrogens with zero attached hydrogens (tertiary/aromatic N) is 9. The van der Waals surface area contributed by atoms with Crippen LogP contribution in [0.1, 0.15) is 18.5 Å². The molecule has 0 amide bonds. The predicted octanol–water partition coefficient (Wildman–Crippen LogP) is 1.73. The highest BCUT2D eigenvalue weighted by molar-refractivity contribution is 7.88. The number of rotatable bonds is 7. The van der Waals surface area contributed by atoms with Crippen LogP contribution in [0.2, 0.25) is 0 Å². The standard InChI is InChI=1S/C24H29F2N9O3S/c1-39(36,37)34-10-7-31(8-11-34)6-9-33-16-28-18-14-27-24(30-22(18)33)32-12-13-38-20(15-32)35-19-5-3-2-4-17(19)29-23(35)21(25)26/h2-5,14,16,20-21H,6-13,15H2,1H3. The van der Waals surface area contributed by atoms with Gasteiger partial charge in [-0.1, -0.05) is 12.1 Å². The summed E-state index contributed by atoms with van der Waals surface area (Å²) in [5.74, 6) is 0.150. The normalized spacial score (nSPS) is 20.0. The third-order valence-electron chi connectivity index (χ3n) is 7.24. The van der Waals surface area contributed by atoms with E-state index in [1.54, 1.807) is 36.8 Å². The Bertz CT molecular complexity index is 1580. The van der Waals surface area contributed by atoms with Gasteiger partial charge in [0.25, 0.3) is 6.43 Å². The van der Waals surface area contributed by atoms with Crippen LogP contribution in [-0.2, 0) is 21.3 Å². The molecule has 0 spiro atoms. The first kappa shape index (κ1) is 26.0. The van der Waals surface area contributed by atoms with Crippen molar-refractivity contribution in [2.75, 3.05) is 63.6 Å². The van der Waals surface area contributed by atoms with Gasteiger partial charge in [0.2, 0.25) is 16.0 Å². The Morgan fingerprint density at radius 3 is 2.59 bits per heavy atom. The molecule has 208 valence electrons. The molecule has 1 atom stereocenters. The number of hydrogen-bond donors (Lipinski definition) is 0. The molecule has 0 saturated carbocycles. The van der Waals surface area contributed by atoms with Gasteiger partial charge in [-0.25, -0.2) is 32.2 Å². The minimum absolute atomic E-state index is 0.282. The number of morpholine rings is 1. The van der Waals surface area contributed by atoms with Crippen LogP contribution in [0.4, 0.5) is 14.7 Å². The van der Waals surface area contributed by atoms with Gasteiger partial charge in [0.1, 0.15) is 5.52 Å². The fourth-order valence-electron chi connectivity index (χ4n) is 5.19. The summed E-state index contributed by atoms with van der Waals surface area (Å²) in [5, 5.41) is 0. The SMILES string of the molecule is CS(=O)(=O)N1CCN(CCn2cnc3cnc(N4CCOC(n5c(C(F)F)nc6ccccc65)C4)nc32)CC1. The average Bonchev–Trinajstić information content (AvgIpc) is 3.53. The van der Waals surface area contributed by atoms with Crippen LogP contribution in [0.25, 0.3) is 22.2 Å². The number of fused-ring (bicyclic) bond motifs is 2. The zero-order valence-corrected chi connectivity index (χ0v) is 22.2. The van der Waals surface area contributed by atoms with Crippen molar-refractivity contribution in [2.45, 2.75) is 19.2 Å². The van der Waals surface area contributed by atoms with E-state index >= 15 is 0 Å². The fraction of sp³-hybridized carbons (Fsp3) is 0.500. The number of hydrogen-bond acceptors (Lipinski definition) is 9. The second-order valence-corrected chi connectivity index (χ2v) is 11.7. The summed E-state index contributed by atoms with van der Waals surface area (Å²) < 4.78 is 62.2. The van der Waals surface area contributed by atoms with E-state index in [4.69, 9.17) is 9.72 Å². The van der Waals surface area contributed by atoms with Crippen LogP contribution in [0.3, 0.4) is 0 Å². The van der Waals surface area contributed by atoms with Crippen LogP contribution >= 0.6 is 0 Å². The highest BCUT2D eigenvalue weighted by Gasteiger charge is 2.30. The summed E-state index contributed by atoms with van der Waals surface area (Å²) in [6, 6.07) is 7.03. The van der Waals surface area contributed by atoms with E-state index in [-0.39, 0.29) is 12.4 Å². The van der Waals surface area contributed by atoms with Gasteiger partial charge in [0.05, 0.1) is 43.0 Å². The number of anilines is 1. The summed E-state index contributed by atoms with van der Waals surface area (Å²) in [6.45, 7) is 4.77. The number of alkyl halides is 2. The van der Waals surface area contributed by atoms with Crippen molar-refractivity contribution in [3.63, 3.8) is 0 Å². The maximum atomic E-state index is 13.9. The molecule has 0 aliphatic carbocycles. The van der Waals surface area contributed by atoms with Crippen LogP contribution in [0.15, 0.2) is 36.8 Å². The molecule has 3 aromatic heterocycles. The summed E-state index contributed by atoms with van der Waals surface area (Å²) in [4.78, 5) is 22.0. The van der Waals surface area contributed by atoms with Gasteiger partial charge in [0, 0.05) is 45.8 Å². The Morgan fingerprint density at radius 1 is 1.03 bits per heavy atom. The molecule has 2 aliphatic rings. The van der Waals surface area contributed by atoms with Gasteiger partial charge in [0.15, 0.2) is 17.7 Å². The Balaban J connectivity index is 1.19. The molecule has 2 saturated heterocycles.